The molecule has 0 bridgehead atoms. The molecule has 0 aliphatic carbocycles. The first-order valence-corrected chi connectivity index (χ1v) is 9.16. The summed E-state index contributed by atoms with van der Waals surface area (Å²) < 4.78 is 6.63. The number of nitrogens with zero attached hydrogens (tertiary/aromatic N) is 1. The standard InChI is InChI=1S/C20H22BrNO3/c21-17-3-7-20(8-4-17)25-14-19(24)13-22-11-9-16(10-12-22)15-1-5-18(23)6-2-15/h1-9,19,23-24H,10-14H2/t19-/m1/s1. The number of phenolic OH excluding ortho intramolecular Hbond substituents is 1. The lowest BCUT2D eigenvalue weighted by Crippen LogP contribution is -2.38. The number of halogens is 1. The van der Waals surface area contributed by atoms with Crippen LogP contribution in [0.2, 0.25) is 0 Å². The molecule has 3 rings (SSSR count). The normalized spacial score (nSPS) is 16.3. The first-order chi connectivity index (χ1) is 12.1. The van der Waals surface area contributed by atoms with Crippen LogP contribution in [0, 0.1) is 0 Å². The molecule has 1 aliphatic heterocycles. The van der Waals surface area contributed by atoms with E-state index in [-0.39, 0.29) is 12.4 Å². The van der Waals surface area contributed by atoms with Gasteiger partial charge >= 0.3 is 0 Å². The molecule has 132 valence electrons. The first kappa shape index (κ1) is 18.0. The fourth-order valence-electron chi connectivity index (χ4n) is 2.89. The van der Waals surface area contributed by atoms with E-state index >= 15 is 0 Å². The highest BCUT2D eigenvalue weighted by molar-refractivity contribution is 9.10. The summed E-state index contributed by atoms with van der Waals surface area (Å²) in [6.07, 6.45) is 2.61. The number of aliphatic hydroxyl groups excluding tert-OH is 1. The Bertz CT molecular complexity index is 713. The van der Waals surface area contributed by atoms with Crippen molar-refractivity contribution < 1.29 is 14.9 Å². The molecule has 0 radical (unpaired) electrons. The summed E-state index contributed by atoms with van der Waals surface area (Å²) in [6, 6.07) is 14.9. The fraction of sp³-hybridized carbons (Fsp3) is 0.300. The summed E-state index contributed by atoms with van der Waals surface area (Å²) in [5.41, 5.74) is 2.44. The van der Waals surface area contributed by atoms with E-state index in [0.29, 0.717) is 6.54 Å². The van der Waals surface area contributed by atoms with Crippen LogP contribution in [-0.2, 0) is 0 Å². The predicted molar refractivity (Wildman–Crippen MR) is 103 cm³/mol. The molecule has 1 atom stereocenters. The van der Waals surface area contributed by atoms with Gasteiger partial charge in [0.15, 0.2) is 0 Å². The van der Waals surface area contributed by atoms with E-state index in [9.17, 15) is 10.2 Å². The Morgan fingerprint density at radius 1 is 1.08 bits per heavy atom. The molecule has 0 spiro atoms. The third kappa shape index (κ3) is 5.33. The van der Waals surface area contributed by atoms with Gasteiger partial charge < -0.3 is 14.9 Å². The van der Waals surface area contributed by atoms with E-state index in [4.69, 9.17) is 4.74 Å². The molecular formula is C20H22BrNO3. The van der Waals surface area contributed by atoms with Gasteiger partial charge in [-0.3, -0.25) is 4.90 Å². The zero-order valence-electron chi connectivity index (χ0n) is 13.9. The fourth-order valence-corrected chi connectivity index (χ4v) is 3.15. The van der Waals surface area contributed by atoms with Crippen molar-refractivity contribution in [1.82, 2.24) is 4.90 Å². The smallest absolute Gasteiger partial charge is 0.119 e. The van der Waals surface area contributed by atoms with Gasteiger partial charge in [0.25, 0.3) is 0 Å². The van der Waals surface area contributed by atoms with Gasteiger partial charge in [-0.1, -0.05) is 34.1 Å². The number of rotatable bonds is 6. The van der Waals surface area contributed by atoms with Crippen LogP contribution in [0.3, 0.4) is 0 Å². The van der Waals surface area contributed by atoms with Gasteiger partial charge in [0.1, 0.15) is 24.2 Å². The van der Waals surface area contributed by atoms with Crippen molar-refractivity contribution in [2.24, 2.45) is 0 Å². The maximum absolute atomic E-state index is 10.2. The third-order valence-corrected chi connectivity index (χ3v) is 4.78. The van der Waals surface area contributed by atoms with Gasteiger partial charge in [-0.2, -0.15) is 0 Å². The maximum Gasteiger partial charge on any atom is 0.119 e. The van der Waals surface area contributed by atoms with Crippen molar-refractivity contribution in [3.63, 3.8) is 0 Å². The maximum atomic E-state index is 10.2. The zero-order valence-corrected chi connectivity index (χ0v) is 15.5. The average molecular weight is 404 g/mol. The lowest BCUT2D eigenvalue weighted by atomic mass is 9.99. The van der Waals surface area contributed by atoms with E-state index in [1.54, 1.807) is 12.1 Å². The Morgan fingerprint density at radius 3 is 2.44 bits per heavy atom. The molecular weight excluding hydrogens is 382 g/mol. The van der Waals surface area contributed by atoms with Crippen LogP contribution in [0.1, 0.15) is 12.0 Å². The van der Waals surface area contributed by atoms with E-state index in [1.165, 1.54) is 5.57 Å². The number of phenols is 1. The van der Waals surface area contributed by atoms with Gasteiger partial charge in [0, 0.05) is 24.1 Å². The highest BCUT2D eigenvalue weighted by atomic mass is 79.9. The number of hydrogen-bond acceptors (Lipinski definition) is 4. The molecule has 2 aromatic rings. The largest absolute Gasteiger partial charge is 0.508 e. The van der Waals surface area contributed by atoms with Crippen LogP contribution in [0.15, 0.2) is 59.1 Å². The summed E-state index contributed by atoms with van der Waals surface area (Å²) in [7, 11) is 0. The van der Waals surface area contributed by atoms with Crippen LogP contribution in [-0.4, -0.2) is 47.5 Å². The minimum Gasteiger partial charge on any atom is -0.508 e. The number of aromatic hydroxyl groups is 1. The quantitative estimate of drug-likeness (QED) is 0.772. The molecule has 2 N–H and O–H groups in total. The van der Waals surface area contributed by atoms with E-state index in [2.05, 4.69) is 26.9 Å². The molecule has 25 heavy (non-hydrogen) atoms. The summed E-state index contributed by atoms with van der Waals surface area (Å²) >= 11 is 3.39. The van der Waals surface area contributed by atoms with Crippen LogP contribution in [0.5, 0.6) is 11.5 Å². The van der Waals surface area contributed by atoms with Crippen LogP contribution >= 0.6 is 15.9 Å². The Morgan fingerprint density at radius 2 is 1.80 bits per heavy atom. The zero-order chi connectivity index (χ0) is 17.6. The van der Waals surface area contributed by atoms with Crippen LogP contribution < -0.4 is 4.74 Å². The van der Waals surface area contributed by atoms with E-state index in [1.807, 2.05) is 36.4 Å². The molecule has 0 unspecified atom stereocenters. The van der Waals surface area contributed by atoms with Gasteiger partial charge in [0.2, 0.25) is 0 Å². The van der Waals surface area contributed by atoms with Gasteiger partial charge in [0.05, 0.1) is 0 Å². The summed E-state index contributed by atoms with van der Waals surface area (Å²) in [6.45, 7) is 2.59. The van der Waals surface area contributed by atoms with Crippen molar-refractivity contribution >= 4 is 21.5 Å². The SMILES string of the molecule is Oc1ccc(C2=CCN(C[C@@H](O)COc3ccc(Br)cc3)CC2)cc1. The van der Waals surface area contributed by atoms with E-state index in [0.717, 1.165) is 35.3 Å². The van der Waals surface area contributed by atoms with Gasteiger partial charge in [-0.05, 0) is 54.0 Å². The molecule has 0 saturated carbocycles. The van der Waals surface area contributed by atoms with Crippen molar-refractivity contribution in [2.45, 2.75) is 12.5 Å². The minimum atomic E-state index is -0.521. The molecule has 0 aromatic heterocycles. The first-order valence-electron chi connectivity index (χ1n) is 8.37. The predicted octanol–water partition coefficient (Wildman–Crippen LogP) is 3.68. The Hall–Kier alpha value is -1.82. The third-order valence-electron chi connectivity index (χ3n) is 4.26. The van der Waals surface area contributed by atoms with Crippen LogP contribution in [0.4, 0.5) is 0 Å². The second-order valence-corrected chi connectivity index (χ2v) is 7.12. The number of benzene rings is 2. The molecule has 4 nitrogen and oxygen atoms in total. The summed E-state index contributed by atoms with van der Waals surface area (Å²) in [5.74, 6) is 1.05. The topological polar surface area (TPSA) is 52.9 Å². The molecule has 1 heterocycles. The lowest BCUT2D eigenvalue weighted by Gasteiger charge is -2.28. The Kier molecular flexibility index (Phi) is 6.13. The number of β-amino-alcohol motifs (C(OH)–C–C–N with tert-alkyl or cyclic N) is 1. The molecule has 5 heteroatoms. The highest BCUT2D eigenvalue weighted by Gasteiger charge is 2.16. The lowest BCUT2D eigenvalue weighted by molar-refractivity contribution is 0.0717. The summed E-state index contributed by atoms with van der Waals surface area (Å²) in [5, 5.41) is 19.6. The van der Waals surface area contributed by atoms with Gasteiger partial charge in [-0.25, -0.2) is 0 Å². The van der Waals surface area contributed by atoms with Gasteiger partial charge in [-0.15, -0.1) is 0 Å². The van der Waals surface area contributed by atoms with Crippen molar-refractivity contribution in [1.29, 1.82) is 0 Å². The van der Waals surface area contributed by atoms with Crippen LogP contribution in [0.25, 0.3) is 5.57 Å². The molecule has 1 aliphatic rings. The van der Waals surface area contributed by atoms with Crippen molar-refractivity contribution in [3.05, 3.63) is 64.6 Å². The molecule has 2 aromatic carbocycles. The molecule has 0 amide bonds. The second kappa shape index (κ2) is 8.52. The second-order valence-electron chi connectivity index (χ2n) is 6.20. The summed E-state index contributed by atoms with van der Waals surface area (Å²) in [4.78, 5) is 2.22. The average Bonchev–Trinajstić information content (AvgIpc) is 2.63. The number of aliphatic hydroxyl groups is 1. The van der Waals surface area contributed by atoms with Crippen molar-refractivity contribution in [2.75, 3.05) is 26.2 Å². The Balaban J connectivity index is 1.46. The monoisotopic (exact) mass is 403 g/mol. The number of ether oxygens (including phenoxy) is 1. The van der Waals surface area contributed by atoms with Crippen molar-refractivity contribution in [3.8, 4) is 11.5 Å². The highest BCUT2D eigenvalue weighted by Crippen LogP contribution is 2.24. The Labute approximate surface area is 156 Å². The van der Waals surface area contributed by atoms with E-state index < -0.39 is 6.10 Å². The number of hydrogen-bond donors (Lipinski definition) is 2. The molecule has 0 saturated heterocycles. The molecule has 0 fully saturated rings. The minimum absolute atomic E-state index is 0.284.